The zero-order valence-electron chi connectivity index (χ0n) is 11.1. The molecule has 1 nitrogen and oxygen atoms in total. The van der Waals surface area contributed by atoms with Crippen molar-refractivity contribution in [2.24, 2.45) is 5.92 Å². The van der Waals surface area contributed by atoms with E-state index in [4.69, 9.17) is 0 Å². The number of rotatable bonds is 2. The second-order valence-electron chi connectivity index (χ2n) is 5.71. The number of hydrogen-bond donors (Lipinski definition) is 1. The van der Waals surface area contributed by atoms with Crippen molar-refractivity contribution in [3.8, 4) is 0 Å². The average Bonchev–Trinajstić information content (AvgIpc) is 2.21. The van der Waals surface area contributed by atoms with Crippen LogP contribution in [0.1, 0.15) is 84.0 Å². The highest BCUT2D eigenvalue weighted by atomic mass is 16.3. The van der Waals surface area contributed by atoms with Crippen LogP contribution < -0.4 is 0 Å². The lowest BCUT2D eigenvalue weighted by Gasteiger charge is -2.19. The molecular weight excluding hydrogens is 196 g/mol. The summed E-state index contributed by atoms with van der Waals surface area (Å²) in [6.45, 7) is 1.94. The molecule has 0 aromatic carbocycles. The third-order valence-electron chi connectivity index (χ3n) is 3.90. The summed E-state index contributed by atoms with van der Waals surface area (Å²) in [7, 11) is 0. The summed E-state index contributed by atoms with van der Waals surface area (Å²) in [6, 6.07) is 0. The van der Waals surface area contributed by atoms with Gasteiger partial charge in [0.1, 0.15) is 0 Å². The van der Waals surface area contributed by atoms with E-state index < -0.39 is 0 Å². The highest BCUT2D eigenvalue weighted by Gasteiger charge is 2.11. The van der Waals surface area contributed by atoms with Gasteiger partial charge in [-0.1, -0.05) is 70.6 Å². The molecule has 16 heavy (non-hydrogen) atoms. The van der Waals surface area contributed by atoms with Gasteiger partial charge in [0.2, 0.25) is 0 Å². The van der Waals surface area contributed by atoms with Crippen LogP contribution in [0.3, 0.4) is 0 Å². The fourth-order valence-corrected chi connectivity index (χ4v) is 2.97. The molecule has 0 radical (unpaired) electrons. The monoisotopic (exact) mass is 226 g/mol. The second-order valence-corrected chi connectivity index (χ2v) is 5.71. The molecule has 1 N–H and O–H groups in total. The minimum atomic E-state index is -0.0992. The predicted molar refractivity (Wildman–Crippen MR) is 70.6 cm³/mol. The van der Waals surface area contributed by atoms with Crippen molar-refractivity contribution in [2.75, 3.05) is 0 Å². The molecule has 1 aliphatic rings. The van der Waals surface area contributed by atoms with E-state index in [-0.39, 0.29) is 6.10 Å². The van der Waals surface area contributed by atoms with E-state index in [1.807, 2.05) is 6.92 Å². The molecule has 0 amide bonds. The largest absolute Gasteiger partial charge is 0.393 e. The predicted octanol–water partition coefficient (Wildman–Crippen LogP) is 4.68. The van der Waals surface area contributed by atoms with Crippen LogP contribution in [-0.2, 0) is 0 Å². The van der Waals surface area contributed by atoms with Gasteiger partial charge < -0.3 is 5.11 Å². The first-order valence-corrected chi connectivity index (χ1v) is 7.47. The highest BCUT2D eigenvalue weighted by molar-refractivity contribution is 4.64. The number of aliphatic hydroxyl groups excluding tert-OH is 1. The fourth-order valence-electron chi connectivity index (χ4n) is 2.97. The molecule has 1 aliphatic carbocycles. The molecule has 0 bridgehead atoms. The van der Waals surface area contributed by atoms with Gasteiger partial charge in [-0.05, 0) is 19.3 Å². The van der Waals surface area contributed by atoms with Crippen LogP contribution in [0.5, 0.6) is 0 Å². The molecular formula is C15H30O. The van der Waals surface area contributed by atoms with Crippen LogP contribution >= 0.6 is 0 Å². The molecule has 0 aromatic heterocycles. The van der Waals surface area contributed by atoms with E-state index >= 15 is 0 Å². The molecule has 1 atom stereocenters. The summed E-state index contributed by atoms with van der Waals surface area (Å²) in [6.07, 6.45) is 16.4. The SMILES string of the molecule is C[C@H](O)CC1CCCCCCCCCCC1. The number of aliphatic hydroxyl groups is 1. The molecule has 0 aliphatic heterocycles. The molecule has 1 rings (SSSR count). The maximum atomic E-state index is 9.49. The summed E-state index contributed by atoms with van der Waals surface area (Å²) in [5.74, 6) is 0.791. The Hall–Kier alpha value is -0.0400. The van der Waals surface area contributed by atoms with Crippen molar-refractivity contribution in [2.45, 2.75) is 90.1 Å². The lowest BCUT2D eigenvalue weighted by molar-refractivity contribution is 0.152. The van der Waals surface area contributed by atoms with Gasteiger partial charge in [0.25, 0.3) is 0 Å². The Morgan fingerprint density at radius 3 is 1.56 bits per heavy atom. The summed E-state index contributed by atoms with van der Waals surface area (Å²) < 4.78 is 0. The van der Waals surface area contributed by atoms with Gasteiger partial charge in [-0.3, -0.25) is 0 Å². The van der Waals surface area contributed by atoms with Gasteiger partial charge >= 0.3 is 0 Å². The molecule has 0 aromatic rings. The summed E-state index contributed by atoms with van der Waals surface area (Å²) >= 11 is 0. The fraction of sp³-hybridized carbons (Fsp3) is 1.00. The van der Waals surface area contributed by atoms with Crippen LogP contribution in [-0.4, -0.2) is 11.2 Å². The van der Waals surface area contributed by atoms with Crippen molar-refractivity contribution < 1.29 is 5.11 Å². The van der Waals surface area contributed by atoms with Gasteiger partial charge in [0.15, 0.2) is 0 Å². The minimum absolute atomic E-state index is 0.0992. The van der Waals surface area contributed by atoms with E-state index in [0.717, 1.165) is 12.3 Å². The van der Waals surface area contributed by atoms with E-state index in [2.05, 4.69) is 0 Å². The van der Waals surface area contributed by atoms with Gasteiger partial charge in [-0.15, -0.1) is 0 Å². The summed E-state index contributed by atoms with van der Waals surface area (Å²) in [5.41, 5.74) is 0. The maximum Gasteiger partial charge on any atom is 0.0514 e. The van der Waals surface area contributed by atoms with Gasteiger partial charge in [-0.2, -0.15) is 0 Å². The molecule has 0 heterocycles. The topological polar surface area (TPSA) is 20.2 Å². The molecule has 1 fully saturated rings. The van der Waals surface area contributed by atoms with E-state index in [1.54, 1.807) is 0 Å². The molecule has 0 unspecified atom stereocenters. The van der Waals surface area contributed by atoms with Gasteiger partial charge in [0.05, 0.1) is 6.10 Å². The number of hydrogen-bond acceptors (Lipinski definition) is 1. The van der Waals surface area contributed by atoms with Crippen molar-refractivity contribution >= 4 is 0 Å². The Labute approximate surface area is 102 Å². The van der Waals surface area contributed by atoms with E-state index in [0.29, 0.717) is 0 Å². The molecule has 1 saturated carbocycles. The minimum Gasteiger partial charge on any atom is -0.393 e. The highest BCUT2D eigenvalue weighted by Crippen LogP contribution is 2.24. The van der Waals surface area contributed by atoms with E-state index in [1.165, 1.54) is 70.6 Å². The zero-order valence-corrected chi connectivity index (χ0v) is 11.1. The van der Waals surface area contributed by atoms with Crippen LogP contribution in [0.4, 0.5) is 0 Å². The maximum absolute atomic E-state index is 9.49. The first-order valence-electron chi connectivity index (χ1n) is 7.47. The Balaban J connectivity index is 2.24. The lowest BCUT2D eigenvalue weighted by Crippen LogP contribution is -2.10. The summed E-state index contributed by atoms with van der Waals surface area (Å²) in [4.78, 5) is 0. The smallest absolute Gasteiger partial charge is 0.0514 e. The van der Waals surface area contributed by atoms with Gasteiger partial charge in [-0.25, -0.2) is 0 Å². The van der Waals surface area contributed by atoms with Crippen molar-refractivity contribution in [1.29, 1.82) is 0 Å². The van der Waals surface area contributed by atoms with Crippen molar-refractivity contribution in [3.63, 3.8) is 0 Å². The first kappa shape index (κ1) is 14.0. The third-order valence-corrected chi connectivity index (χ3v) is 3.90. The lowest BCUT2D eigenvalue weighted by atomic mass is 9.89. The Bertz CT molecular complexity index is 142. The van der Waals surface area contributed by atoms with Crippen LogP contribution in [0.2, 0.25) is 0 Å². The van der Waals surface area contributed by atoms with Crippen molar-refractivity contribution in [3.05, 3.63) is 0 Å². The van der Waals surface area contributed by atoms with Crippen LogP contribution in [0, 0.1) is 5.92 Å². The molecule has 96 valence electrons. The average molecular weight is 226 g/mol. The van der Waals surface area contributed by atoms with Crippen LogP contribution in [0.15, 0.2) is 0 Å². The van der Waals surface area contributed by atoms with E-state index in [9.17, 15) is 5.11 Å². The molecule has 0 saturated heterocycles. The Morgan fingerprint density at radius 1 is 0.812 bits per heavy atom. The first-order chi connectivity index (χ1) is 7.79. The quantitative estimate of drug-likeness (QED) is 0.725. The Kier molecular flexibility index (Phi) is 7.92. The third kappa shape index (κ3) is 7.27. The Morgan fingerprint density at radius 2 is 1.19 bits per heavy atom. The standard InChI is InChI=1S/C15H30O/c1-14(16)13-15-11-9-7-5-3-2-4-6-8-10-12-15/h14-16H,2-13H2,1H3/t14-/m0/s1. The normalized spacial score (nSPS) is 24.4. The molecule has 1 heteroatoms. The summed E-state index contributed by atoms with van der Waals surface area (Å²) in [5, 5.41) is 9.49. The van der Waals surface area contributed by atoms with Gasteiger partial charge in [0, 0.05) is 0 Å². The van der Waals surface area contributed by atoms with Crippen LogP contribution in [0.25, 0.3) is 0 Å². The second kappa shape index (κ2) is 9.04. The molecule has 0 spiro atoms. The van der Waals surface area contributed by atoms with Crippen molar-refractivity contribution in [1.82, 2.24) is 0 Å². The zero-order chi connectivity index (χ0) is 11.6.